The van der Waals surface area contributed by atoms with E-state index in [0.717, 1.165) is 12.1 Å². The summed E-state index contributed by atoms with van der Waals surface area (Å²) in [6.45, 7) is 5.79. The fourth-order valence-corrected chi connectivity index (χ4v) is 2.50. The van der Waals surface area contributed by atoms with Crippen LogP contribution in [0.5, 0.6) is 0 Å². The molecule has 102 valence electrons. The van der Waals surface area contributed by atoms with Crippen molar-refractivity contribution in [2.45, 2.75) is 19.9 Å². The first kappa shape index (κ1) is 13.6. The second-order valence-corrected chi connectivity index (χ2v) is 4.77. The molecule has 2 N–H and O–H groups in total. The van der Waals surface area contributed by atoms with Gasteiger partial charge in [-0.15, -0.1) is 0 Å². The molecule has 1 aromatic heterocycles. The van der Waals surface area contributed by atoms with Crippen molar-refractivity contribution in [1.82, 2.24) is 9.78 Å². The normalized spacial score (nSPS) is 12.4. The first-order valence-electron chi connectivity index (χ1n) is 6.68. The van der Waals surface area contributed by atoms with Gasteiger partial charge in [0.05, 0.1) is 12.2 Å². The maximum absolute atomic E-state index is 6.00. The summed E-state index contributed by atoms with van der Waals surface area (Å²) in [6, 6.07) is 8.59. The molecule has 0 saturated heterocycles. The van der Waals surface area contributed by atoms with Gasteiger partial charge in [0.1, 0.15) is 0 Å². The predicted molar refractivity (Wildman–Crippen MR) is 79.2 cm³/mol. The van der Waals surface area contributed by atoms with Crippen molar-refractivity contribution in [2.75, 3.05) is 18.0 Å². The van der Waals surface area contributed by atoms with Gasteiger partial charge in [0.25, 0.3) is 0 Å². The molecule has 0 aliphatic heterocycles. The van der Waals surface area contributed by atoms with E-state index >= 15 is 0 Å². The molecule has 0 aliphatic rings. The minimum atomic E-state index is 0.166. The van der Waals surface area contributed by atoms with E-state index in [2.05, 4.69) is 48.1 Å². The van der Waals surface area contributed by atoms with Crippen LogP contribution in [0.1, 0.15) is 24.1 Å². The second-order valence-electron chi connectivity index (χ2n) is 4.77. The van der Waals surface area contributed by atoms with Gasteiger partial charge >= 0.3 is 0 Å². The minimum Gasteiger partial charge on any atom is -0.363 e. The molecule has 0 saturated carbocycles. The highest BCUT2D eigenvalue weighted by molar-refractivity contribution is 5.54. The van der Waals surface area contributed by atoms with Gasteiger partial charge in [0.15, 0.2) is 0 Å². The topological polar surface area (TPSA) is 47.1 Å². The van der Waals surface area contributed by atoms with Gasteiger partial charge in [-0.1, -0.05) is 18.2 Å². The number of anilines is 1. The maximum atomic E-state index is 6.00. The molecule has 0 radical (unpaired) electrons. The van der Waals surface area contributed by atoms with E-state index in [9.17, 15) is 0 Å². The van der Waals surface area contributed by atoms with Gasteiger partial charge in [-0.3, -0.25) is 4.68 Å². The summed E-state index contributed by atoms with van der Waals surface area (Å²) in [5.41, 5.74) is 9.67. The molecule has 0 amide bonds. The summed E-state index contributed by atoms with van der Waals surface area (Å²) in [5.74, 6) is 0. The molecular weight excluding hydrogens is 236 g/mol. The van der Waals surface area contributed by atoms with Crippen LogP contribution in [0.3, 0.4) is 0 Å². The van der Waals surface area contributed by atoms with E-state index in [1.165, 1.54) is 11.3 Å². The number of aryl methyl sites for hydroxylation is 2. The van der Waals surface area contributed by atoms with Crippen LogP contribution in [-0.4, -0.2) is 22.9 Å². The van der Waals surface area contributed by atoms with Gasteiger partial charge in [0, 0.05) is 37.6 Å². The van der Waals surface area contributed by atoms with Crippen molar-refractivity contribution >= 4 is 5.69 Å². The summed E-state index contributed by atoms with van der Waals surface area (Å²) in [5, 5.41) is 4.25. The smallest absolute Gasteiger partial charge is 0.0695 e. The molecule has 1 unspecified atom stereocenters. The Bertz CT molecular complexity index is 532. The molecule has 1 heterocycles. The number of likely N-dealkylation sites (N-methyl/N-ethyl adjacent to an activating group) is 1. The van der Waals surface area contributed by atoms with Crippen molar-refractivity contribution in [3.63, 3.8) is 0 Å². The Balaban J connectivity index is 2.37. The third kappa shape index (κ3) is 2.79. The molecule has 1 aromatic carbocycles. The van der Waals surface area contributed by atoms with Crippen LogP contribution >= 0.6 is 0 Å². The van der Waals surface area contributed by atoms with E-state index < -0.39 is 0 Å². The van der Waals surface area contributed by atoms with Gasteiger partial charge in [-0.05, 0) is 25.5 Å². The van der Waals surface area contributed by atoms with Crippen LogP contribution < -0.4 is 10.6 Å². The highest BCUT2D eigenvalue weighted by Gasteiger charge is 2.20. The average Bonchev–Trinajstić information content (AvgIpc) is 2.83. The summed E-state index contributed by atoms with van der Waals surface area (Å²) in [6.07, 6.45) is 3.94. The largest absolute Gasteiger partial charge is 0.363 e. The van der Waals surface area contributed by atoms with Crippen LogP contribution in [0, 0.1) is 6.92 Å². The number of para-hydroxylation sites is 1. The molecule has 0 aliphatic carbocycles. The molecule has 2 aromatic rings. The Labute approximate surface area is 114 Å². The van der Waals surface area contributed by atoms with Gasteiger partial charge in [-0.25, -0.2) is 0 Å². The Morgan fingerprint density at radius 3 is 2.63 bits per heavy atom. The lowest BCUT2D eigenvalue weighted by Gasteiger charge is -2.32. The molecule has 1 atom stereocenters. The summed E-state index contributed by atoms with van der Waals surface area (Å²) in [7, 11) is 1.93. The van der Waals surface area contributed by atoms with Crippen molar-refractivity contribution in [3.05, 3.63) is 47.8 Å². The number of hydrogen-bond donors (Lipinski definition) is 1. The van der Waals surface area contributed by atoms with Crippen LogP contribution in [-0.2, 0) is 7.05 Å². The van der Waals surface area contributed by atoms with Crippen molar-refractivity contribution in [1.29, 1.82) is 0 Å². The zero-order valence-corrected chi connectivity index (χ0v) is 11.9. The zero-order chi connectivity index (χ0) is 13.8. The van der Waals surface area contributed by atoms with Crippen LogP contribution in [0.25, 0.3) is 0 Å². The van der Waals surface area contributed by atoms with E-state index in [1.54, 1.807) is 0 Å². The molecule has 2 rings (SSSR count). The van der Waals surface area contributed by atoms with Gasteiger partial charge < -0.3 is 10.6 Å². The minimum absolute atomic E-state index is 0.166. The summed E-state index contributed by atoms with van der Waals surface area (Å²) < 4.78 is 1.82. The number of nitrogens with two attached hydrogens (primary N) is 1. The Morgan fingerprint density at radius 2 is 2.11 bits per heavy atom. The van der Waals surface area contributed by atoms with Crippen molar-refractivity contribution in [2.24, 2.45) is 12.8 Å². The number of hydrogen-bond acceptors (Lipinski definition) is 3. The third-order valence-electron chi connectivity index (χ3n) is 3.47. The van der Waals surface area contributed by atoms with E-state index in [4.69, 9.17) is 5.73 Å². The third-order valence-corrected chi connectivity index (χ3v) is 3.47. The molecule has 0 spiro atoms. The highest BCUT2D eigenvalue weighted by Crippen LogP contribution is 2.28. The number of aromatic nitrogens is 2. The lowest BCUT2D eigenvalue weighted by Crippen LogP contribution is -2.34. The summed E-state index contributed by atoms with van der Waals surface area (Å²) in [4.78, 5) is 2.34. The average molecular weight is 258 g/mol. The van der Waals surface area contributed by atoms with Crippen LogP contribution in [0.4, 0.5) is 5.69 Å². The van der Waals surface area contributed by atoms with E-state index in [1.807, 2.05) is 24.1 Å². The fourth-order valence-electron chi connectivity index (χ4n) is 2.50. The molecular formula is C15H22N4. The first-order valence-corrected chi connectivity index (χ1v) is 6.68. The quantitative estimate of drug-likeness (QED) is 0.895. The SMILES string of the molecule is CCN(c1ccccc1C)C(CN)c1cnn(C)c1. The monoisotopic (exact) mass is 258 g/mol. The molecule has 0 bridgehead atoms. The van der Waals surface area contributed by atoms with Gasteiger partial charge in [0.2, 0.25) is 0 Å². The van der Waals surface area contributed by atoms with Gasteiger partial charge in [-0.2, -0.15) is 5.10 Å². The number of rotatable bonds is 5. The zero-order valence-electron chi connectivity index (χ0n) is 11.9. The van der Waals surface area contributed by atoms with Crippen LogP contribution in [0.2, 0.25) is 0 Å². The molecule has 19 heavy (non-hydrogen) atoms. The van der Waals surface area contributed by atoms with E-state index in [-0.39, 0.29) is 6.04 Å². The number of nitrogens with zero attached hydrogens (tertiary/aromatic N) is 3. The van der Waals surface area contributed by atoms with Crippen molar-refractivity contribution < 1.29 is 0 Å². The van der Waals surface area contributed by atoms with Crippen molar-refractivity contribution in [3.8, 4) is 0 Å². The van der Waals surface area contributed by atoms with E-state index in [0.29, 0.717) is 6.54 Å². The first-order chi connectivity index (χ1) is 9.17. The highest BCUT2D eigenvalue weighted by atomic mass is 15.3. The Hall–Kier alpha value is -1.81. The maximum Gasteiger partial charge on any atom is 0.0695 e. The Kier molecular flexibility index (Phi) is 4.22. The molecule has 4 heteroatoms. The molecule has 4 nitrogen and oxygen atoms in total. The Morgan fingerprint density at radius 1 is 1.37 bits per heavy atom. The number of benzene rings is 1. The van der Waals surface area contributed by atoms with Crippen LogP contribution in [0.15, 0.2) is 36.7 Å². The fraction of sp³-hybridized carbons (Fsp3) is 0.400. The summed E-state index contributed by atoms with van der Waals surface area (Å²) >= 11 is 0. The second kappa shape index (κ2) is 5.89. The predicted octanol–water partition coefficient (Wildman–Crippen LogP) is 2.25. The lowest BCUT2D eigenvalue weighted by molar-refractivity contribution is 0.640. The lowest BCUT2D eigenvalue weighted by atomic mass is 10.1. The molecule has 0 fully saturated rings. The standard InChI is InChI=1S/C15H22N4/c1-4-19(14-8-6-5-7-12(14)2)15(9-16)13-10-17-18(3)11-13/h5-8,10-11,15H,4,9,16H2,1-3H3.